The molecule has 1 aromatic carbocycles. The van der Waals surface area contributed by atoms with Crippen molar-refractivity contribution in [2.45, 2.75) is 46.2 Å². The molecule has 1 aliphatic heterocycles. The third kappa shape index (κ3) is 3.20. The van der Waals surface area contributed by atoms with E-state index in [0.717, 1.165) is 0 Å². The summed E-state index contributed by atoms with van der Waals surface area (Å²) < 4.78 is 0. The lowest BCUT2D eigenvalue weighted by Crippen LogP contribution is -2.50. The highest BCUT2D eigenvalue weighted by atomic mass is 16.2. The summed E-state index contributed by atoms with van der Waals surface area (Å²) in [5.41, 5.74) is 4.96. The van der Waals surface area contributed by atoms with Gasteiger partial charge < -0.3 is 5.32 Å². The second-order valence-electron chi connectivity index (χ2n) is 5.25. The van der Waals surface area contributed by atoms with Crippen LogP contribution in [0, 0.1) is 20.8 Å². The standard InChI is InChI=1S/C15H20N2O2/c1-9-6-11(3)12(7-10(9)2)8-16-13-4-5-14(18)17-15(13)19/h6-7,13,16H,4-5,8H2,1-3H3,(H,17,18,19). The molecule has 4 heteroatoms. The molecule has 0 bridgehead atoms. The van der Waals surface area contributed by atoms with E-state index in [1.165, 1.54) is 22.3 Å². The number of amides is 2. The largest absolute Gasteiger partial charge is 0.302 e. The van der Waals surface area contributed by atoms with Crippen LogP contribution in [0.4, 0.5) is 0 Å². The Hall–Kier alpha value is -1.68. The van der Waals surface area contributed by atoms with E-state index in [1.807, 2.05) is 0 Å². The summed E-state index contributed by atoms with van der Waals surface area (Å²) in [7, 11) is 0. The van der Waals surface area contributed by atoms with Crippen molar-refractivity contribution in [1.82, 2.24) is 10.6 Å². The topological polar surface area (TPSA) is 58.2 Å². The average molecular weight is 260 g/mol. The van der Waals surface area contributed by atoms with Crippen molar-refractivity contribution in [1.29, 1.82) is 0 Å². The summed E-state index contributed by atoms with van der Waals surface area (Å²) in [5, 5.41) is 5.59. The van der Waals surface area contributed by atoms with Crippen molar-refractivity contribution < 1.29 is 9.59 Å². The van der Waals surface area contributed by atoms with Crippen molar-refractivity contribution in [3.05, 3.63) is 34.4 Å². The molecule has 0 saturated carbocycles. The molecule has 1 unspecified atom stereocenters. The van der Waals surface area contributed by atoms with Gasteiger partial charge in [0.15, 0.2) is 0 Å². The highest BCUT2D eigenvalue weighted by Gasteiger charge is 2.25. The second kappa shape index (κ2) is 5.53. The normalized spacial score (nSPS) is 19.4. The third-order valence-corrected chi connectivity index (χ3v) is 3.73. The molecule has 1 aromatic rings. The smallest absolute Gasteiger partial charge is 0.243 e. The van der Waals surface area contributed by atoms with E-state index < -0.39 is 0 Å². The number of rotatable bonds is 3. The molecule has 1 saturated heterocycles. The number of imide groups is 1. The third-order valence-electron chi connectivity index (χ3n) is 3.73. The van der Waals surface area contributed by atoms with Crippen LogP contribution in [0.3, 0.4) is 0 Å². The Morgan fingerprint density at radius 1 is 1.16 bits per heavy atom. The number of nitrogens with one attached hydrogen (secondary N) is 2. The Bertz CT molecular complexity index is 523. The van der Waals surface area contributed by atoms with Crippen LogP contribution in [0.25, 0.3) is 0 Å². The second-order valence-corrected chi connectivity index (χ2v) is 5.25. The van der Waals surface area contributed by atoms with Crippen molar-refractivity contribution >= 4 is 11.8 Å². The Morgan fingerprint density at radius 2 is 1.84 bits per heavy atom. The molecule has 0 spiro atoms. The highest BCUT2D eigenvalue weighted by Crippen LogP contribution is 2.16. The van der Waals surface area contributed by atoms with E-state index in [0.29, 0.717) is 19.4 Å². The molecule has 19 heavy (non-hydrogen) atoms. The summed E-state index contributed by atoms with van der Waals surface area (Å²) >= 11 is 0. The first-order chi connectivity index (χ1) is 8.97. The van der Waals surface area contributed by atoms with Crippen molar-refractivity contribution in [2.24, 2.45) is 0 Å². The van der Waals surface area contributed by atoms with Gasteiger partial charge in [-0.25, -0.2) is 0 Å². The molecule has 2 rings (SSSR count). The molecule has 1 heterocycles. The number of aryl methyl sites for hydroxylation is 3. The Labute approximate surface area is 113 Å². The first-order valence-electron chi connectivity index (χ1n) is 6.61. The number of carbonyl (C=O) groups is 2. The van der Waals surface area contributed by atoms with Gasteiger partial charge in [0.1, 0.15) is 0 Å². The van der Waals surface area contributed by atoms with Crippen LogP contribution < -0.4 is 10.6 Å². The van der Waals surface area contributed by atoms with Crippen LogP contribution in [-0.2, 0) is 16.1 Å². The monoisotopic (exact) mass is 260 g/mol. The van der Waals surface area contributed by atoms with E-state index in [4.69, 9.17) is 0 Å². The van der Waals surface area contributed by atoms with Crippen LogP contribution >= 0.6 is 0 Å². The van der Waals surface area contributed by atoms with E-state index in [-0.39, 0.29) is 17.9 Å². The molecule has 102 valence electrons. The van der Waals surface area contributed by atoms with Crippen LogP contribution in [0.15, 0.2) is 12.1 Å². The lowest BCUT2D eigenvalue weighted by molar-refractivity contribution is -0.134. The summed E-state index contributed by atoms with van der Waals surface area (Å²) in [4.78, 5) is 22.7. The Kier molecular flexibility index (Phi) is 4.00. The lowest BCUT2D eigenvalue weighted by atomic mass is 10.00. The SMILES string of the molecule is Cc1cc(C)c(CNC2CCC(=O)NC2=O)cc1C. The first-order valence-corrected chi connectivity index (χ1v) is 6.61. The van der Waals surface area contributed by atoms with E-state index in [9.17, 15) is 9.59 Å². The van der Waals surface area contributed by atoms with Gasteiger partial charge in [-0.15, -0.1) is 0 Å². The maximum absolute atomic E-state index is 11.6. The van der Waals surface area contributed by atoms with Crippen LogP contribution in [0.2, 0.25) is 0 Å². The Balaban J connectivity index is 2.01. The molecule has 1 atom stereocenters. The molecule has 1 fully saturated rings. The van der Waals surface area contributed by atoms with E-state index >= 15 is 0 Å². The van der Waals surface area contributed by atoms with Gasteiger partial charge in [-0.3, -0.25) is 14.9 Å². The maximum atomic E-state index is 11.6. The fourth-order valence-electron chi connectivity index (χ4n) is 2.33. The number of benzene rings is 1. The molecule has 4 nitrogen and oxygen atoms in total. The number of carbonyl (C=O) groups excluding carboxylic acids is 2. The number of piperidine rings is 1. The van der Waals surface area contributed by atoms with Gasteiger partial charge >= 0.3 is 0 Å². The zero-order valence-electron chi connectivity index (χ0n) is 11.7. The van der Waals surface area contributed by atoms with Crippen molar-refractivity contribution in [3.8, 4) is 0 Å². The predicted molar refractivity (Wildman–Crippen MR) is 73.7 cm³/mol. The lowest BCUT2D eigenvalue weighted by Gasteiger charge is -2.22. The van der Waals surface area contributed by atoms with E-state index in [2.05, 4.69) is 43.5 Å². The zero-order chi connectivity index (χ0) is 14.0. The molecular formula is C15H20N2O2. The fourth-order valence-corrected chi connectivity index (χ4v) is 2.33. The van der Waals surface area contributed by atoms with Crippen LogP contribution in [0.5, 0.6) is 0 Å². The maximum Gasteiger partial charge on any atom is 0.243 e. The summed E-state index contributed by atoms with van der Waals surface area (Å²) in [5.74, 6) is -0.386. The molecule has 1 aliphatic rings. The highest BCUT2D eigenvalue weighted by molar-refractivity contribution is 6.00. The molecule has 0 radical (unpaired) electrons. The van der Waals surface area contributed by atoms with Gasteiger partial charge in [0.2, 0.25) is 11.8 Å². The van der Waals surface area contributed by atoms with Gasteiger partial charge in [-0.1, -0.05) is 12.1 Å². The first kappa shape index (κ1) is 13.7. The number of hydrogen-bond acceptors (Lipinski definition) is 3. The zero-order valence-corrected chi connectivity index (χ0v) is 11.7. The molecule has 2 N–H and O–H groups in total. The van der Waals surface area contributed by atoms with Crippen molar-refractivity contribution in [2.75, 3.05) is 0 Å². The molecular weight excluding hydrogens is 240 g/mol. The minimum atomic E-state index is -0.265. The fraction of sp³-hybridized carbons (Fsp3) is 0.467. The van der Waals surface area contributed by atoms with Crippen LogP contribution in [-0.4, -0.2) is 17.9 Å². The predicted octanol–water partition coefficient (Wildman–Crippen LogP) is 1.51. The van der Waals surface area contributed by atoms with Gasteiger partial charge in [0, 0.05) is 13.0 Å². The Morgan fingerprint density at radius 3 is 2.53 bits per heavy atom. The van der Waals surface area contributed by atoms with Crippen molar-refractivity contribution in [3.63, 3.8) is 0 Å². The minimum absolute atomic E-state index is 0.176. The summed E-state index contributed by atoms with van der Waals surface area (Å²) in [6, 6.07) is 4.05. The van der Waals surface area contributed by atoms with Gasteiger partial charge in [-0.05, 0) is 49.4 Å². The van der Waals surface area contributed by atoms with Gasteiger partial charge in [0.25, 0.3) is 0 Å². The van der Waals surface area contributed by atoms with Crippen LogP contribution in [0.1, 0.15) is 35.1 Å². The summed E-state index contributed by atoms with van der Waals surface area (Å²) in [6.45, 7) is 6.91. The number of hydrogen-bond donors (Lipinski definition) is 2. The molecule has 2 amide bonds. The quantitative estimate of drug-likeness (QED) is 0.810. The summed E-state index contributed by atoms with van der Waals surface area (Å²) in [6.07, 6.45) is 0.990. The van der Waals surface area contributed by atoms with E-state index in [1.54, 1.807) is 0 Å². The van der Waals surface area contributed by atoms with Gasteiger partial charge in [0.05, 0.1) is 6.04 Å². The van der Waals surface area contributed by atoms with Gasteiger partial charge in [-0.2, -0.15) is 0 Å². The minimum Gasteiger partial charge on any atom is -0.302 e. The average Bonchev–Trinajstić information content (AvgIpc) is 2.34. The molecule has 0 aliphatic carbocycles. The molecule has 0 aromatic heterocycles.